The molecule has 0 bridgehead atoms. The number of hydrogen-bond acceptors (Lipinski definition) is 2. The van der Waals surface area contributed by atoms with Gasteiger partial charge >= 0.3 is 0 Å². The lowest BCUT2D eigenvalue weighted by atomic mass is 10.0. The smallest absolute Gasteiger partial charge is 0.106 e. The fourth-order valence-electron chi connectivity index (χ4n) is 1.69. The average Bonchev–Trinajstić information content (AvgIpc) is 2.66. The average molecular weight is 202 g/mol. The lowest BCUT2D eigenvalue weighted by Crippen LogP contribution is -2.01. The Morgan fingerprint density at radius 2 is 1.93 bits per heavy atom. The Morgan fingerprint density at radius 3 is 2.53 bits per heavy atom. The van der Waals surface area contributed by atoms with E-state index in [2.05, 4.69) is 0 Å². The van der Waals surface area contributed by atoms with E-state index in [0.717, 1.165) is 16.9 Å². The quantitative estimate of drug-likeness (QED) is 0.830. The zero-order chi connectivity index (χ0) is 10.7. The number of rotatable bonds is 3. The van der Waals surface area contributed by atoms with Crippen LogP contribution >= 0.6 is 0 Å². The molecule has 2 rings (SSSR count). The number of aliphatic hydroxyl groups is 1. The minimum Gasteiger partial charge on any atom is -0.469 e. The molecular formula is C13H14O2. The van der Waals surface area contributed by atoms with Gasteiger partial charge in [0.25, 0.3) is 0 Å². The maximum absolute atomic E-state index is 9.98. The highest BCUT2D eigenvalue weighted by atomic mass is 16.3. The molecule has 2 aromatic rings. The Hall–Kier alpha value is -1.54. The molecule has 1 aromatic heterocycles. The summed E-state index contributed by atoms with van der Waals surface area (Å²) in [6.07, 6.45) is 1.76. The molecule has 0 aliphatic heterocycles. The third-order valence-electron chi connectivity index (χ3n) is 2.53. The fourth-order valence-corrected chi connectivity index (χ4v) is 1.69. The van der Waals surface area contributed by atoms with E-state index in [9.17, 15) is 5.11 Å². The molecule has 0 radical (unpaired) electrons. The summed E-state index contributed by atoms with van der Waals surface area (Å²) in [4.78, 5) is 0. The van der Waals surface area contributed by atoms with Crippen molar-refractivity contribution in [3.05, 3.63) is 59.5 Å². The van der Waals surface area contributed by atoms with Crippen LogP contribution in [0.15, 0.2) is 47.1 Å². The van der Waals surface area contributed by atoms with Crippen LogP contribution in [0.5, 0.6) is 0 Å². The SMILES string of the molecule is Cc1occc1C(O)Cc1ccccc1. The van der Waals surface area contributed by atoms with Gasteiger partial charge in [-0.05, 0) is 18.6 Å². The van der Waals surface area contributed by atoms with Gasteiger partial charge < -0.3 is 9.52 Å². The summed E-state index contributed by atoms with van der Waals surface area (Å²) in [5.41, 5.74) is 2.00. The van der Waals surface area contributed by atoms with Gasteiger partial charge in [0.15, 0.2) is 0 Å². The van der Waals surface area contributed by atoms with E-state index in [-0.39, 0.29) is 0 Å². The Kier molecular flexibility index (Phi) is 2.88. The number of aryl methyl sites for hydroxylation is 1. The fraction of sp³-hybridized carbons (Fsp3) is 0.231. The molecule has 15 heavy (non-hydrogen) atoms. The Labute approximate surface area is 89.2 Å². The first-order chi connectivity index (χ1) is 7.27. The van der Waals surface area contributed by atoms with E-state index in [0.29, 0.717) is 6.42 Å². The second kappa shape index (κ2) is 4.32. The van der Waals surface area contributed by atoms with Gasteiger partial charge in [-0.3, -0.25) is 0 Å². The largest absolute Gasteiger partial charge is 0.469 e. The standard InChI is InChI=1S/C13H14O2/c1-10-12(7-8-15-10)13(14)9-11-5-3-2-4-6-11/h2-8,13-14H,9H2,1H3. The summed E-state index contributed by atoms with van der Waals surface area (Å²) in [5.74, 6) is 0.790. The third kappa shape index (κ3) is 2.28. The molecule has 0 spiro atoms. The molecule has 1 heterocycles. The molecular weight excluding hydrogens is 188 g/mol. The van der Waals surface area contributed by atoms with Gasteiger partial charge in [-0.2, -0.15) is 0 Å². The molecule has 1 aromatic carbocycles. The van der Waals surface area contributed by atoms with Crippen molar-refractivity contribution in [3.8, 4) is 0 Å². The highest BCUT2D eigenvalue weighted by Crippen LogP contribution is 2.22. The highest BCUT2D eigenvalue weighted by Gasteiger charge is 2.12. The Bertz CT molecular complexity index is 417. The topological polar surface area (TPSA) is 33.4 Å². The summed E-state index contributed by atoms with van der Waals surface area (Å²) < 4.78 is 5.16. The van der Waals surface area contributed by atoms with E-state index < -0.39 is 6.10 Å². The van der Waals surface area contributed by atoms with Gasteiger partial charge in [0.05, 0.1) is 12.4 Å². The zero-order valence-corrected chi connectivity index (χ0v) is 8.68. The first kappa shape index (κ1) is 9.99. The van der Waals surface area contributed by atoms with Crippen molar-refractivity contribution in [1.29, 1.82) is 0 Å². The van der Waals surface area contributed by atoms with Crippen LogP contribution in [0.2, 0.25) is 0 Å². The molecule has 2 nitrogen and oxygen atoms in total. The van der Waals surface area contributed by atoms with E-state index in [1.165, 1.54) is 0 Å². The van der Waals surface area contributed by atoms with Crippen LogP contribution in [0.1, 0.15) is 23.0 Å². The van der Waals surface area contributed by atoms with Crippen molar-refractivity contribution in [2.45, 2.75) is 19.4 Å². The normalized spacial score (nSPS) is 12.7. The molecule has 2 heteroatoms. The van der Waals surface area contributed by atoms with Crippen LogP contribution in [0.25, 0.3) is 0 Å². The van der Waals surface area contributed by atoms with Gasteiger partial charge in [-0.15, -0.1) is 0 Å². The van der Waals surface area contributed by atoms with Crippen molar-refractivity contribution >= 4 is 0 Å². The molecule has 0 saturated heterocycles. The summed E-state index contributed by atoms with van der Waals surface area (Å²) in [7, 11) is 0. The van der Waals surface area contributed by atoms with Gasteiger partial charge in [-0.1, -0.05) is 30.3 Å². The van der Waals surface area contributed by atoms with E-state index in [1.54, 1.807) is 6.26 Å². The predicted octanol–water partition coefficient (Wildman–Crippen LogP) is 2.86. The predicted molar refractivity (Wildman–Crippen MR) is 58.6 cm³/mol. The van der Waals surface area contributed by atoms with Crippen molar-refractivity contribution in [2.24, 2.45) is 0 Å². The first-order valence-corrected chi connectivity index (χ1v) is 5.03. The third-order valence-corrected chi connectivity index (χ3v) is 2.53. The molecule has 0 fully saturated rings. The summed E-state index contributed by atoms with van der Waals surface area (Å²) in [6, 6.07) is 11.8. The Morgan fingerprint density at radius 1 is 1.20 bits per heavy atom. The van der Waals surface area contributed by atoms with Crippen LogP contribution in [-0.4, -0.2) is 5.11 Å². The molecule has 1 unspecified atom stereocenters. The molecule has 78 valence electrons. The summed E-state index contributed by atoms with van der Waals surface area (Å²) in [6.45, 7) is 1.86. The number of aliphatic hydroxyl groups excluding tert-OH is 1. The van der Waals surface area contributed by atoms with Crippen molar-refractivity contribution in [3.63, 3.8) is 0 Å². The van der Waals surface area contributed by atoms with Gasteiger partial charge in [-0.25, -0.2) is 0 Å². The van der Waals surface area contributed by atoms with Crippen LogP contribution in [-0.2, 0) is 6.42 Å². The maximum atomic E-state index is 9.98. The van der Waals surface area contributed by atoms with Gasteiger partial charge in [0.1, 0.15) is 5.76 Å². The lowest BCUT2D eigenvalue weighted by molar-refractivity contribution is 0.176. The Balaban J connectivity index is 2.11. The molecule has 1 atom stereocenters. The molecule has 0 saturated carbocycles. The number of benzene rings is 1. The van der Waals surface area contributed by atoms with E-state index >= 15 is 0 Å². The summed E-state index contributed by atoms with van der Waals surface area (Å²) in [5, 5.41) is 9.98. The van der Waals surface area contributed by atoms with Crippen LogP contribution in [0.4, 0.5) is 0 Å². The molecule has 1 N–H and O–H groups in total. The number of hydrogen-bond donors (Lipinski definition) is 1. The van der Waals surface area contributed by atoms with Gasteiger partial charge in [0, 0.05) is 12.0 Å². The van der Waals surface area contributed by atoms with Crippen molar-refractivity contribution in [1.82, 2.24) is 0 Å². The second-order valence-corrected chi connectivity index (χ2v) is 3.64. The van der Waals surface area contributed by atoms with Crippen molar-refractivity contribution in [2.75, 3.05) is 0 Å². The van der Waals surface area contributed by atoms with Crippen LogP contribution in [0.3, 0.4) is 0 Å². The minimum absolute atomic E-state index is 0.480. The lowest BCUT2D eigenvalue weighted by Gasteiger charge is -2.09. The highest BCUT2D eigenvalue weighted by molar-refractivity contribution is 5.23. The first-order valence-electron chi connectivity index (χ1n) is 5.03. The number of furan rings is 1. The minimum atomic E-state index is -0.480. The molecule has 0 aliphatic carbocycles. The monoisotopic (exact) mass is 202 g/mol. The van der Waals surface area contributed by atoms with Crippen LogP contribution < -0.4 is 0 Å². The molecule has 0 aliphatic rings. The summed E-state index contributed by atoms with van der Waals surface area (Å²) >= 11 is 0. The van der Waals surface area contributed by atoms with E-state index in [1.807, 2.05) is 43.3 Å². The van der Waals surface area contributed by atoms with Crippen molar-refractivity contribution < 1.29 is 9.52 Å². The maximum Gasteiger partial charge on any atom is 0.106 e. The van der Waals surface area contributed by atoms with Gasteiger partial charge in [0.2, 0.25) is 0 Å². The second-order valence-electron chi connectivity index (χ2n) is 3.64. The zero-order valence-electron chi connectivity index (χ0n) is 8.68. The van der Waals surface area contributed by atoms with E-state index in [4.69, 9.17) is 4.42 Å². The van der Waals surface area contributed by atoms with Crippen LogP contribution in [0, 0.1) is 6.92 Å². The molecule has 0 amide bonds.